The molecule has 2 heterocycles. The van der Waals surface area contributed by atoms with Gasteiger partial charge in [0.05, 0.1) is 21.9 Å². The molecule has 1 aliphatic rings. The molecular weight excluding hydrogens is 437 g/mol. The zero-order valence-corrected chi connectivity index (χ0v) is 18.4. The third kappa shape index (κ3) is 3.87. The number of likely N-dealkylation sites (tertiary alicyclic amines) is 1. The molecule has 0 radical (unpaired) electrons. The van der Waals surface area contributed by atoms with Crippen LogP contribution in [0.25, 0.3) is 5.76 Å². The van der Waals surface area contributed by atoms with E-state index < -0.39 is 17.7 Å². The van der Waals surface area contributed by atoms with Crippen molar-refractivity contribution in [3.05, 3.63) is 98.4 Å². The van der Waals surface area contributed by atoms with E-state index in [0.717, 1.165) is 16.7 Å². The Morgan fingerprint density at radius 3 is 2.52 bits per heavy atom. The molecule has 31 heavy (non-hydrogen) atoms. The lowest BCUT2D eigenvalue weighted by molar-refractivity contribution is -0.140. The van der Waals surface area contributed by atoms with Crippen LogP contribution in [0.1, 0.15) is 34.1 Å². The normalized spacial score (nSPS) is 18.1. The molecule has 1 aromatic heterocycles. The second-order valence-electron chi connectivity index (χ2n) is 7.50. The SMILES string of the molecule is Cc1ccc(C)c(CN2C(=O)C(=O)/C(=C(\O)c3ccc(Cl)c(Cl)c3)C2c2ccco2)c1. The number of hydrogen-bond donors (Lipinski definition) is 1. The Balaban J connectivity index is 1.85. The highest BCUT2D eigenvalue weighted by molar-refractivity contribution is 6.46. The maximum absolute atomic E-state index is 13.0. The van der Waals surface area contributed by atoms with Gasteiger partial charge in [-0.3, -0.25) is 9.59 Å². The third-order valence-electron chi connectivity index (χ3n) is 5.39. The number of aliphatic hydroxyl groups is 1. The molecule has 2 aromatic carbocycles. The molecule has 1 saturated heterocycles. The van der Waals surface area contributed by atoms with Crippen LogP contribution in [0, 0.1) is 13.8 Å². The summed E-state index contributed by atoms with van der Waals surface area (Å²) in [6.45, 7) is 4.11. The minimum absolute atomic E-state index is 0.0522. The van der Waals surface area contributed by atoms with Gasteiger partial charge in [-0.2, -0.15) is 0 Å². The van der Waals surface area contributed by atoms with E-state index in [2.05, 4.69) is 0 Å². The number of ketones is 1. The average Bonchev–Trinajstić information content (AvgIpc) is 3.35. The van der Waals surface area contributed by atoms with Crippen molar-refractivity contribution in [2.45, 2.75) is 26.4 Å². The maximum atomic E-state index is 13.0. The van der Waals surface area contributed by atoms with Gasteiger partial charge in [-0.15, -0.1) is 0 Å². The van der Waals surface area contributed by atoms with E-state index >= 15 is 0 Å². The number of hydrogen-bond acceptors (Lipinski definition) is 4. The van der Waals surface area contributed by atoms with Crippen LogP contribution in [0.5, 0.6) is 0 Å². The Morgan fingerprint density at radius 1 is 1.06 bits per heavy atom. The van der Waals surface area contributed by atoms with Gasteiger partial charge in [0.1, 0.15) is 17.6 Å². The number of aliphatic hydroxyl groups excluding tert-OH is 1. The number of Topliss-reactive ketones (excluding diaryl/α,β-unsaturated/α-hetero) is 1. The van der Waals surface area contributed by atoms with Crippen LogP contribution in [-0.2, 0) is 16.1 Å². The Kier molecular flexibility index (Phi) is 5.65. The fraction of sp³-hybridized carbons (Fsp3) is 0.167. The quantitative estimate of drug-likeness (QED) is 0.305. The average molecular weight is 456 g/mol. The maximum Gasteiger partial charge on any atom is 0.296 e. The van der Waals surface area contributed by atoms with Gasteiger partial charge >= 0.3 is 0 Å². The van der Waals surface area contributed by atoms with Crippen LogP contribution in [0.15, 0.2) is 64.8 Å². The molecule has 0 spiro atoms. The van der Waals surface area contributed by atoms with Gasteiger partial charge in [-0.1, -0.05) is 47.0 Å². The molecule has 3 aromatic rings. The zero-order chi connectivity index (χ0) is 22.3. The Labute approximate surface area is 189 Å². The van der Waals surface area contributed by atoms with Crippen LogP contribution in [0.4, 0.5) is 0 Å². The summed E-state index contributed by atoms with van der Waals surface area (Å²) in [6, 6.07) is 12.9. The van der Waals surface area contributed by atoms with E-state index in [-0.39, 0.29) is 28.5 Å². The summed E-state index contributed by atoms with van der Waals surface area (Å²) >= 11 is 12.1. The molecule has 7 heteroatoms. The van der Waals surface area contributed by atoms with E-state index in [1.807, 2.05) is 32.0 Å². The van der Waals surface area contributed by atoms with Gasteiger partial charge in [0.15, 0.2) is 0 Å². The molecule has 1 aliphatic heterocycles. The minimum Gasteiger partial charge on any atom is -0.507 e. The molecule has 1 atom stereocenters. The van der Waals surface area contributed by atoms with E-state index in [1.54, 1.807) is 18.2 Å². The monoisotopic (exact) mass is 455 g/mol. The molecule has 158 valence electrons. The van der Waals surface area contributed by atoms with Crippen molar-refractivity contribution in [1.82, 2.24) is 4.90 Å². The fourth-order valence-electron chi connectivity index (χ4n) is 3.74. The Hall–Kier alpha value is -3.02. The van der Waals surface area contributed by atoms with Crippen molar-refractivity contribution < 1.29 is 19.1 Å². The van der Waals surface area contributed by atoms with Gasteiger partial charge in [0.25, 0.3) is 11.7 Å². The summed E-state index contributed by atoms with van der Waals surface area (Å²) in [5.41, 5.74) is 3.19. The summed E-state index contributed by atoms with van der Waals surface area (Å²) in [5, 5.41) is 11.6. The lowest BCUT2D eigenvalue weighted by Crippen LogP contribution is -2.29. The number of furan rings is 1. The summed E-state index contributed by atoms with van der Waals surface area (Å²) in [4.78, 5) is 27.5. The predicted molar refractivity (Wildman–Crippen MR) is 119 cm³/mol. The van der Waals surface area contributed by atoms with E-state index in [1.165, 1.54) is 23.3 Å². The largest absolute Gasteiger partial charge is 0.507 e. The van der Waals surface area contributed by atoms with E-state index in [9.17, 15) is 14.7 Å². The number of carbonyl (C=O) groups is 2. The van der Waals surface area contributed by atoms with Crippen LogP contribution >= 0.6 is 23.2 Å². The van der Waals surface area contributed by atoms with Gasteiger partial charge < -0.3 is 14.4 Å². The number of aryl methyl sites for hydroxylation is 2. The number of amides is 1. The summed E-state index contributed by atoms with van der Waals surface area (Å²) < 4.78 is 5.56. The minimum atomic E-state index is -0.871. The second-order valence-corrected chi connectivity index (χ2v) is 8.32. The van der Waals surface area contributed by atoms with Crippen LogP contribution in [0.2, 0.25) is 10.0 Å². The molecule has 1 unspecified atom stereocenters. The number of benzene rings is 2. The first-order valence-electron chi connectivity index (χ1n) is 9.61. The Bertz CT molecular complexity index is 1210. The van der Waals surface area contributed by atoms with Gasteiger partial charge in [-0.05, 0) is 55.3 Å². The molecular formula is C24H19Cl2NO4. The first-order chi connectivity index (χ1) is 14.8. The highest BCUT2D eigenvalue weighted by Gasteiger charge is 2.47. The smallest absolute Gasteiger partial charge is 0.296 e. The van der Waals surface area contributed by atoms with Crippen LogP contribution < -0.4 is 0 Å². The molecule has 1 fully saturated rings. The number of nitrogens with zero attached hydrogens (tertiary/aromatic N) is 1. The molecule has 1 amide bonds. The highest BCUT2D eigenvalue weighted by atomic mass is 35.5. The topological polar surface area (TPSA) is 70.8 Å². The van der Waals surface area contributed by atoms with Crippen LogP contribution in [0.3, 0.4) is 0 Å². The fourth-order valence-corrected chi connectivity index (χ4v) is 4.04. The molecule has 5 nitrogen and oxygen atoms in total. The summed E-state index contributed by atoms with van der Waals surface area (Å²) in [7, 11) is 0. The second kappa shape index (κ2) is 8.25. The number of rotatable bonds is 4. The lowest BCUT2D eigenvalue weighted by Gasteiger charge is -2.24. The van der Waals surface area contributed by atoms with Gasteiger partial charge in [-0.25, -0.2) is 0 Å². The highest BCUT2D eigenvalue weighted by Crippen LogP contribution is 2.41. The van der Waals surface area contributed by atoms with Gasteiger partial charge in [0, 0.05) is 12.1 Å². The lowest BCUT2D eigenvalue weighted by atomic mass is 9.99. The molecule has 0 bridgehead atoms. The third-order valence-corrected chi connectivity index (χ3v) is 6.13. The predicted octanol–water partition coefficient (Wildman–Crippen LogP) is 5.83. The van der Waals surface area contributed by atoms with Crippen LogP contribution in [-0.4, -0.2) is 21.7 Å². The first kappa shape index (κ1) is 21.2. The number of carbonyl (C=O) groups excluding carboxylic acids is 2. The standard InChI is InChI=1S/C24H19Cl2NO4/c1-13-5-6-14(2)16(10-13)12-27-21(19-4-3-9-31-19)20(23(29)24(27)30)22(28)15-7-8-17(25)18(26)11-15/h3-11,21,28H,12H2,1-2H3/b22-20-. The van der Waals surface area contributed by atoms with Crippen molar-refractivity contribution in [3.8, 4) is 0 Å². The summed E-state index contributed by atoms with van der Waals surface area (Å²) in [5.74, 6) is -1.44. The van der Waals surface area contributed by atoms with Crippen molar-refractivity contribution >= 4 is 40.7 Å². The van der Waals surface area contributed by atoms with Crippen molar-refractivity contribution in [2.75, 3.05) is 0 Å². The van der Waals surface area contributed by atoms with Crippen molar-refractivity contribution in [2.24, 2.45) is 0 Å². The first-order valence-corrected chi connectivity index (χ1v) is 10.4. The summed E-state index contributed by atoms with van der Waals surface area (Å²) in [6.07, 6.45) is 1.46. The zero-order valence-electron chi connectivity index (χ0n) is 16.9. The molecule has 0 aliphatic carbocycles. The van der Waals surface area contributed by atoms with Crippen molar-refractivity contribution in [3.63, 3.8) is 0 Å². The molecule has 1 N–H and O–H groups in total. The number of halogens is 2. The van der Waals surface area contributed by atoms with Crippen molar-refractivity contribution in [1.29, 1.82) is 0 Å². The van der Waals surface area contributed by atoms with Gasteiger partial charge in [0.2, 0.25) is 0 Å². The molecule has 4 rings (SSSR count). The van der Waals surface area contributed by atoms with E-state index in [4.69, 9.17) is 27.6 Å². The van der Waals surface area contributed by atoms with E-state index in [0.29, 0.717) is 10.8 Å². The molecule has 0 saturated carbocycles. The Morgan fingerprint density at radius 2 is 1.84 bits per heavy atom.